The van der Waals surface area contributed by atoms with Crippen LogP contribution in [0.5, 0.6) is 0 Å². The zero-order valence-electron chi connectivity index (χ0n) is 7.54. The number of carbonyl (C=O) groups excluding carboxylic acids is 1. The third-order valence-electron chi connectivity index (χ3n) is 1.66. The van der Waals surface area contributed by atoms with Gasteiger partial charge in [0, 0.05) is 18.2 Å². The Kier molecular flexibility index (Phi) is 4.03. The van der Waals surface area contributed by atoms with Crippen LogP contribution >= 0.6 is 23.8 Å². The van der Waals surface area contributed by atoms with E-state index in [1.165, 1.54) is 7.11 Å². The number of methoxy groups -OCH3 is 1. The molecule has 0 fully saturated rings. The van der Waals surface area contributed by atoms with Crippen molar-refractivity contribution in [3.05, 3.63) is 21.7 Å². The molecule has 0 radical (unpaired) electrons. The molecule has 0 saturated heterocycles. The molecule has 76 valence electrons. The van der Waals surface area contributed by atoms with Gasteiger partial charge in [0.15, 0.2) is 4.77 Å². The van der Waals surface area contributed by atoms with Gasteiger partial charge < -0.3 is 9.72 Å². The fourth-order valence-corrected chi connectivity index (χ4v) is 1.36. The Balaban J connectivity index is 2.68. The van der Waals surface area contributed by atoms with E-state index in [1.807, 2.05) is 0 Å². The maximum Gasteiger partial charge on any atom is 0.305 e. The highest BCUT2D eigenvalue weighted by Crippen LogP contribution is 2.12. The van der Waals surface area contributed by atoms with Crippen LogP contribution in [0, 0.1) is 4.77 Å². The minimum absolute atomic E-state index is 0.275. The van der Waals surface area contributed by atoms with Gasteiger partial charge in [0.05, 0.1) is 7.11 Å². The first kappa shape index (κ1) is 11.1. The SMILES string of the molecule is COC(=O)CCc1cnc(=S)[nH]c1Cl. The summed E-state index contributed by atoms with van der Waals surface area (Å²) < 4.78 is 4.83. The summed E-state index contributed by atoms with van der Waals surface area (Å²) >= 11 is 10.6. The number of hydrogen-bond donors (Lipinski definition) is 1. The third-order valence-corrected chi connectivity index (χ3v) is 2.21. The van der Waals surface area contributed by atoms with Gasteiger partial charge in [-0.1, -0.05) is 11.6 Å². The standard InChI is InChI=1S/C8H9ClN2O2S/c1-13-6(12)3-2-5-4-10-8(14)11-7(5)9/h4H,2-3H2,1H3,(H,10,11,14). The Morgan fingerprint density at radius 3 is 3.07 bits per heavy atom. The number of H-pyrrole nitrogens is 1. The topological polar surface area (TPSA) is 55.0 Å². The first-order valence-corrected chi connectivity index (χ1v) is 4.72. The monoisotopic (exact) mass is 232 g/mol. The molecule has 1 aromatic heterocycles. The van der Waals surface area contributed by atoms with Crippen molar-refractivity contribution < 1.29 is 9.53 Å². The molecule has 0 aromatic carbocycles. The maximum absolute atomic E-state index is 10.8. The lowest BCUT2D eigenvalue weighted by Crippen LogP contribution is -2.03. The second-order valence-corrected chi connectivity index (χ2v) is 3.37. The van der Waals surface area contributed by atoms with Gasteiger partial charge >= 0.3 is 5.97 Å². The van der Waals surface area contributed by atoms with Gasteiger partial charge in [-0.2, -0.15) is 0 Å². The number of halogens is 1. The predicted molar refractivity (Wildman–Crippen MR) is 54.8 cm³/mol. The average Bonchev–Trinajstić information content (AvgIpc) is 2.16. The van der Waals surface area contributed by atoms with E-state index in [0.29, 0.717) is 16.3 Å². The molecule has 0 aliphatic carbocycles. The third kappa shape index (κ3) is 3.08. The number of aromatic nitrogens is 2. The van der Waals surface area contributed by atoms with E-state index >= 15 is 0 Å². The van der Waals surface area contributed by atoms with E-state index in [1.54, 1.807) is 6.20 Å². The maximum atomic E-state index is 10.8. The smallest absolute Gasteiger partial charge is 0.305 e. The Labute approximate surface area is 91.3 Å². The van der Waals surface area contributed by atoms with Gasteiger partial charge in [0.2, 0.25) is 0 Å². The molecule has 1 heterocycles. The Morgan fingerprint density at radius 1 is 1.79 bits per heavy atom. The fraction of sp³-hybridized carbons (Fsp3) is 0.375. The van der Waals surface area contributed by atoms with Crippen molar-refractivity contribution in [1.29, 1.82) is 0 Å². The highest BCUT2D eigenvalue weighted by molar-refractivity contribution is 7.71. The summed E-state index contributed by atoms with van der Waals surface area (Å²) in [7, 11) is 1.35. The van der Waals surface area contributed by atoms with Crippen molar-refractivity contribution >= 4 is 29.8 Å². The number of rotatable bonds is 3. The molecule has 6 heteroatoms. The van der Waals surface area contributed by atoms with Crippen LogP contribution in [-0.4, -0.2) is 23.0 Å². The van der Waals surface area contributed by atoms with Gasteiger partial charge in [0.25, 0.3) is 0 Å². The zero-order chi connectivity index (χ0) is 10.6. The summed E-state index contributed by atoms with van der Waals surface area (Å²) in [5.41, 5.74) is 0.755. The van der Waals surface area contributed by atoms with Gasteiger partial charge in [0.1, 0.15) is 5.15 Å². The molecule has 14 heavy (non-hydrogen) atoms. The molecule has 0 unspecified atom stereocenters. The summed E-state index contributed by atoms with van der Waals surface area (Å²) in [6, 6.07) is 0. The average molecular weight is 233 g/mol. The van der Waals surface area contributed by atoms with Gasteiger partial charge in [-0.3, -0.25) is 4.79 Å². The van der Waals surface area contributed by atoms with E-state index < -0.39 is 0 Å². The number of nitrogens with one attached hydrogen (secondary N) is 1. The minimum atomic E-state index is -0.275. The molecular weight excluding hydrogens is 224 g/mol. The number of aryl methyl sites for hydroxylation is 1. The van der Waals surface area contributed by atoms with Crippen LogP contribution in [0.4, 0.5) is 0 Å². The van der Waals surface area contributed by atoms with E-state index in [9.17, 15) is 4.79 Å². The number of esters is 1. The lowest BCUT2D eigenvalue weighted by Gasteiger charge is -2.01. The number of ether oxygens (including phenoxy) is 1. The quantitative estimate of drug-likeness (QED) is 0.491. The highest BCUT2D eigenvalue weighted by atomic mass is 35.5. The number of hydrogen-bond acceptors (Lipinski definition) is 4. The van der Waals surface area contributed by atoms with Gasteiger partial charge in [-0.15, -0.1) is 0 Å². The van der Waals surface area contributed by atoms with E-state index in [0.717, 1.165) is 5.56 Å². The minimum Gasteiger partial charge on any atom is -0.469 e. The molecule has 0 aliphatic rings. The van der Waals surface area contributed by atoms with Crippen LogP contribution < -0.4 is 0 Å². The van der Waals surface area contributed by atoms with Crippen LogP contribution in [0.25, 0.3) is 0 Å². The number of carbonyl (C=O) groups is 1. The zero-order valence-corrected chi connectivity index (χ0v) is 9.11. The molecule has 1 N–H and O–H groups in total. The molecule has 0 bridgehead atoms. The lowest BCUT2D eigenvalue weighted by atomic mass is 10.2. The molecule has 1 rings (SSSR count). The van der Waals surface area contributed by atoms with Crippen LogP contribution in [0.15, 0.2) is 6.20 Å². The normalized spacial score (nSPS) is 9.86. The summed E-state index contributed by atoms with van der Waals surface area (Å²) in [5, 5.41) is 0.425. The fourth-order valence-electron chi connectivity index (χ4n) is 0.913. The largest absolute Gasteiger partial charge is 0.469 e. The van der Waals surface area contributed by atoms with Crippen LogP contribution in [0.1, 0.15) is 12.0 Å². The van der Waals surface area contributed by atoms with Crippen molar-refractivity contribution in [2.24, 2.45) is 0 Å². The molecular formula is C8H9ClN2O2S. The molecule has 0 saturated carbocycles. The van der Waals surface area contributed by atoms with E-state index in [2.05, 4.69) is 14.7 Å². The summed E-state index contributed by atoms with van der Waals surface area (Å²) in [5.74, 6) is -0.275. The van der Waals surface area contributed by atoms with Crippen LogP contribution in [0.3, 0.4) is 0 Å². The Bertz CT molecular complexity index is 391. The predicted octanol–water partition coefficient (Wildman–Crippen LogP) is 1.90. The van der Waals surface area contributed by atoms with Crippen molar-refractivity contribution in [2.45, 2.75) is 12.8 Å². The van der Waals surface area contributed by atoms with Crippen molar-refractivity contribution in [3.63, 3.8) is 0 Å². The first-order chi connectivity index (χ1) is 6.63. The van der Waals surface area contributed by atoms with Crippen molar-refractivity contribution in [3.8, 4) is 0 Å². The van der Waals surface area contributed by atoms with E-state index in [-0.39, 0.29) is 12.4 Å². The van der Waals surface area contributed by atoms with Crippen molar-refractivity contribution in [1.82, 2.24) is 9.97 Å². The van der Waals surface area contributed by atoms with Gasteiger partial charge in [-0.05, 0) is 18.6 Å². The van der Waals surface area contributed by atoms with Crippen LogP contribution in [-0.2, 0) is 16.0 Å². The van der Waals surface area contributed by atoms with Gasteiger partial charge in [-0.25, -0.2) is 4.98 Å². The summed E-state index contributed by atoms with van der Waals surface area (Å²) in [6.07, 6.45) is 2.33. The second kappa shape index (κ2) is 5.07. The lowest BCUT2D eigenvalue weighted by molar-refractivity contribution is -0.140. The Morgan fingerprint density at radius 2 is 2.50 bits per heavy atom. The number of aromatic amines is 1. The first-order valence-electron chi connectivity index (χ1n) is 3.94. The second-order valence-electron chi connectivity index (χ2n) is 2.60. The molecule has 0 atom stereocenters. The van der Waals surface area contributed by atoms with E-state index in [4.69, 9.17) is 23.8 Å². The van der Waals surface area contributed by atoms with Crippen LogP contribution in [0.2, 0.25) is 5.15 Å². The summed E-state index contributed by atoms with van der Waals surface area (Å²) in [6.45, 7) is 0. The summed E-state index contributed by atoms with van der Waals surface area (Å²) in [4.78, 5) is 17.4. The number of nitrogens with zero attached hydrogens (tertiary/aromatic N) is 1. The molecule has 0 amide bonds. The highest BCUT2D eigenvalue weighted by Gasteiger charge is 2.05. The molecule has 0 aliphatic heterocycles. The molecule has 0 spiro atoms. The van der Waals surface area contributed by atoms with Crippen molar-refractivity contribution in [2.75, 3.05) is 7.11 Å². The Hall–Kier alpha value is -0.940. The molecule has 1 aromatic rings. The molecule has 4 nitrogen and oxygen atoms in total.